The summed E-state index contributed by atoms with van der Waals surface area (Å²) in [6, 6.07) is 11.9. The Morgan fingerprint density at radius 1 is 1.22 bits per heavy atom. The average molecular weight is 243 g/mol. The summed E-state index contributed by atoms with van der Waals surface area (Å²) in [4.78, 5) is 11.0. The van der Waals surface area contributed by atoms with Crippen LogP contribution in [-0.4, -0.2) is 19.7 Å². The number of amides is 1. The van der Waals surface area contributed by atoms with Crippen molar-refractivity contribution in [1.29, 1.82) is 0 Å². The summed E-state index contributed by atoms with van der Waals surface area (Å²) in [5.41, 5.74) is 1.01. The molecule has 1 aliphatic rings. The average Bonchev–Trinajstić information content (AvgIpc) is 2.84. The molecule has 0 aromatic heterocycles. The Labute approximate surface area is 105 Å². The summed E-state index contributed by atoms with van der Waals surface area (Å²) < 4.78 is 10.4. The Bertz CT molecular complexity index is 609. The van der Waals surface area contributed by atoms with Gasteiger partial charge in [-0.05, 0) is 34.5 Å². The number of benzene rings is 2. The summed E-state index contributed by atoms with van der Waals surface area (Å²) in [5, 5.41) is 4.87. The molecule has 4 nitrogen and oxygen atoms in total. The zero-order valence-corrected chi connectivity index (χ0v) is 9.97. The van der Waals surface area contributed by atoms with Gasteiger partial charge in [-0.25, -0.2) is 4.79 Å². The van der Waals surface area contributed by atoms with Crippen molar-refractivity contribution in [2.75, 3.05) is 13.7 Å². The van der Waals surface area contributed by atoms with Crippen LogP contribution < -0.4 is 10.1 Å². The van der Waals surface area contributed by atoms with Crippen molar-refractivity contribution >= 4 is 16.9 Å². The Hall–Kier alpha value is -2.23. The van der Waals surface area contributed by atoms with E-state index >= 15 is 0 Å². The quantitative estimate of drug-likeness (QED) is 0.882. The van der Waals surface area contributed by atoms with Gasteiger partial charge in [-0.2, -0.15) is 0 Å². The van der Waals surface area contributed by atoms with E-state index in [-0.39, 0.29) is 12.2 Å². The molecule has 3 rings (SSSR count). The Morgan fingerprint density at radius 2 is 2.00 bits per heavy atom. The number of methoxy groups -OCH3 is 1. The van der Waals surface area contributed by atoms with Crippen molar-refractivity contribution in [2.45, 2.75) is 6.10 Å². The van der Waals surface area contributed by atoms with E-state index in [4.69, 9.17) is 9.47 Å². The fourth-order valence-corrected chi connectivity index (χ4v) is 2.14. The number of carbonyl (C=O) groups excluding carboxylic acids is 1. The van der Waals surface area contributed by atoms with Crippen LogP contribution in [0.1, 0.15) is 11.7 Å². The molecule has 1 atom stereocenters. The van der Waals surface area contributed by atoms with Gasteiger partial charge >= 0.3 is 6.09 Å². The predicted octanol–water partition coefficient (Wildman–Crippen LogP) is 2.63. The maximum Gasteiger partial charge on any atom is 0.407 e. The van der Waals surface area contributed by atoms with E-state index in [9.17, 15) is 4.79 Å². The van der Waals surface area contributed by atoms with Crippen LogP contribution in [0, 0.1) is 0 Å². The predicted molar refractivity (Wildman–Crippen MR) is 67.7 cm³/mol. The van der Waals surface area contributed by atoms with Gasteiger partial charge in [-0.3, -0.25) is 0 Å². The minimum Gasteiger partial charge on any atom is -0.497 e. The zero-order valence-electron chi connectivity index (χ0n) is 9.97. The van der Waals surface area contributed by atoms with Gasteiger partial charge in [0.2, 0.25) is 0 Å². The molecule has 1 saturated heterocycles. The van der Waals surface area contributed by atoms with Crippen molar-refractivity contribution in [3.8, 4) is 5.75 Å². The number of carbonyl (C=O) groups is 1. The Kier molecular flexibility index (Phi) is 2.55. The highest BCUT2D eigenvalue weighted by Gasteiger charge is 2.24. The summed E-state index contributed by atoms with van der Waals surface area (Å²) in [6.07, 6.45) is -0.543. The molecule has 1 fully saturated rings. The van der Waals surface area contributed by atoms with Crippen molar-refractivity contribution in [1.82, 2.24) is 5.32 Å². The molecule has 92 valence electrons. The smallest absolute Gasteiger partial charge is 0.407 e. The molecule has 2 aromatic carbocycles. The SMILES string of the molecule is COc1ccc2cc(C3CNC(=O)O3)ccc2c1. The molecule has 1 amide bonds. The third-order valence-electron chi connectivity index (χ3n) is 3.12. The van der Waals surface area contributed by atoms with E-state index in [1.165, 1.54) is 0 Å². The molecule has 2 aromatic rings. The molecular formula is C14H13NO3. The second kappa shape index (κ2) is 4.22. The van der Waals surface area contributed by atoms with E-state index in [0.29, 0.717) is 6.54 Å². The maximum atomic E-state index is 11.0. The molecule has 0 saturated carbocycles. The first-order valence-corrected chi connectivity index (χ1v) is 5.78. The third-order valence-corrected chi connectivity index (χ3v) is 3.12. The number of fused-ring (bicyclic) bond motifs is 1. The molecule has 1 N–H and O–H groups in total. The molecule has 0 bridgehead atoms. The number of nitrogens with one attached hydrogen (secondary N) is 1. The molecule has 18 heavy (non-hydrogen) atoms. The monoisotopic (exact) mass is 243 g/mol. The molecule has 0 aliphatic carbocycles. The van der Waals surface area contributed by atoms with Crippen LogP contribution in [0.2, 0.25) is 0 Å². The van der Waals surface area contributed by atoms with E-state index in [1.54, 1.807) is 7.11 Å². The number of hydrogen-bond acceptors (Lipinski definition) is 3. The number of hydrogen-bond donors (Lipinski definition) is 1. The van der Waals surface area contributed by atoms with Gasteiger partial charge < -0.3 is 14.8 Å². The van der Waals surface area contributed by atoms with Gasteiger partial charge in [0.1, 0.15) is 11.9 Å². The number of rotatable bonds is 2. The fraction of sp³-hybridized carbons (Fsp3) is 0.214. The largest absolute Gasteiger partial charge is 0.497 e. The molecule has 1 unspecified atom stereocenters. The van der Waals surface area contributed by atoms with Crippen LogP contribution in [0.4, 0.5) is 4.79 Å². The van der Waals surface area contributed by atoms with Crippen molar-refractivity contribution < 1.29 is 14.3 Å². The van der Waals surface area contributed by atoms with E-state index in [1.807, 2.05) is 36.4 Å². The van der Waals surface area contributed by atoms with Gasteiger partial charge in [-0.1, -0.05) is 18.2 Å². The van der Waals surface area contributed by atoms with Gasteiger partial charge in [0.25, 0.3) is 0 Å². The van der Waals surface area contributed by atoms with Crippen LogP contribution in [0.3, 0.4) is 0 Å². The van der Waals surface area contributed by atoms with Crippen molar-refractivity contribution in [2.24, 2.45) is 0 Å². The minimum atomic E-state index is -0.352. The van der Waals surface area contributed by atoms with Gasteiger partial charge in [-0.15, -0.1) is 0 Å². The van der Waals surface area contributed by atoms with Crippen LogP contribution in [0.25, 0.3) is 10.8 Å². The molecule has 0 radical (unpaired) electrons. The fourth-order valence-electron chi connectivity index (χ4n) is 2.14. The van der Waals surface area contributed by atoms with Gasteiger partial charge in [0, 0.05) is 0 Å². The first-order chi connectivity index (χ1) is 8.76. The third kappa shape index (κ3) is 1.86. The normalized spacial score (nSPS) is 18.5. The lowest BCUT2D eigenvalue weighted by Crippen LogP contribution is -2.12. The summed E-state index contributed by atoms with van der Waals surface area (Å²) in [5.74, 6) is 0.837. The number of ether oxygens (including phenoxy) is 2. The lowest BCUT2D eigenvalue weighted by molar-refractivity contribution is 0.141. The highest BCUT2D eigenvalue weighted by molar-refractivity contribution is 5.84. The summed E-state index contributed by atoms with van der Waals surface area (Å²) in [7, 11) is 1.65. The van der Waals surface area contributed by atoms with E-state index in [2.05, 4.69) is 5.32 Å². The summed E-state index contributed by atoms with van der Waals surface area (Å²) in [6.45, 7) is 0.528. The lowest BCUT2D eigenvalue weighted by atomic mass is 10.0. The van der Waals surface area contributed by atoms with E-state index in [0.717, 1.165) is 22.1 Å². The van der Waals surface area contributed by atoms with Crippen LogP contribution >= 0.6 is 0 Å². The molecule has 4 heteroatoms. The standard InChI is InChI=1S/C14H13NO3/c1-17-12-5-4-9-6-11(3-2-10(9)7-12)13-8-15-14(16)18-13/h2-7,13H,8H2,1H3,(H,15,16). The zero-order chi connectivity index (χ0) is 12.5. The Balaban J connectivity index is 1.98. The highest BCUT2D eigenvalue weighted by atomic mass is 16.6. The van der Waals surface area contributed by atoms with Crippen LogP contribution in [-0.2, 0) is 4.74 Å². The van der Waals surface area contributed by atoms with Crippen molar-refractivity contribution in [3.05, 3.63) is 42.0 Å². The van der Waals surface area contributed by atoms with Gasteiger partial charge in [0.15, 0.2) is 0 Å². The Morgan fingerprint density at radius 3 is 2.72 bits per heavy atom. The first-order valence-electron chi connectivity index (χ1n) is 5.78. The van der Waals surface area contributed by atoms with Crippen molar-refractivity contribution in [3.63, 3.8) is 0 Å². The first kappa shape index (κ1) is 10.9. The minimum absolute atomic E-state index is 0.191. The van der Waals surface area contributed by atoms with Crippen LogP contribution in [0.5, 0.6) is 5.75 Å². The van der Waals surface area contributed by atoms with Gasteiger partial charge in [0.05, 0.1) is 13.7 Å². The van der Waals surface area contributed by atoms with Crippen LogP contribution in [0.15, 0.2) is 36.4 Å². The lowest BCUT2D eigenvalue weighted by Gasteiger charge is -2.09. The maximum absolute atomic E-state index is 11.0. The summed E-state index contributed by atoms with van der Waals surface area (Å²) >= 11 is 0. The molecule has 1 heterocycles. The topological polar surface area (TPSA) is 47.6 Å². The second-order valence-electron chi connectivity index (χ2n) is 4.25. The number of cyclic esters (lactones) is 1. The molecule has 0 spiro atoms. The highest BCUT2D eigenvalue weighted by Crippen LogP contribution is 2.27. The molecule has 1 aliphatic heterocycles. The number of alkyl carbamates (subject to hydrolysis) is 1. The second-order valence-corrected chi connectivity index (χ2v) is 4.25. The molecular weight excluding hydrogens is 230 g/mol. The van der Waals surface area contributed by atoms with E-state index < -0.39 is 0 Å².